The number of rotatable bonds is 4. The van der Waals surface area contributed by atoms with E-state index in [0.717, 1.165) is 16.7 Å². The summed E-state index contributed by atoms with van der Waals surface area (Å²) >= 11 is 0. The molecule has 5 rings (SSSR count). The molecule has 0 aliphatic carbocycles. The largest absolute Gasteiger partial charge is 0.461 e. The van der Waals surface area contributed by atoms with Crippen LogP contribution in [0.4, 0.5) is 20.6 Å². The van der Waals surface area contributed by atoms with Crippen molar-refractivity contribution in [2.24, 2.45) is 4.99 Å². The summed E-state index contributed by atoms with van der Waals surface area (Å²) in [6.07, 6.45) is 2.45. The van der Waals surface area contributed by atoms with Gasteiger partial charge in [-0.1, -0.05) is 35.3 Å². The summed E-state index contributed by atoms with van der Waals surface area (Å²) in [5.41, 5.74) is 7.65. The maximum Gasteiger partial charge on any atom is 0.459 e. The smallest absolute Gasteiger partial charge is 0.459 e. The molecule has 0 saturated heterocycles. The standard InChI is InChI=1S/C23H20FN5O2/c24-22-15-29(27-19-7-9-25-10-8-19,14-17-3-1-2-4-21(17)22)28(23(30)31)20-6-5-16-12-26-13-18(16)11-20/h1-11,13,22H,12,14-15H2,(H-,25,27,30,31)/p+1. The van der Waals surface area contributed by atoms with Gasteiger partial charge in [0.05, 0.1) is 12.2 Å². The average Bonchev–Trinajstić information content (AvgIpc) is 3.22. The third kappa shape index (κ3) is 3.40. The zero-order valence-electron chi connectivity index (χ0n) is 16.6. The van der Waals surface area contributed by atoms with Gasteiger partial charge < -0.3 is 5.11 Å². The molecule has 3 aromatic rings. The van der Waals surface area contributed by atoms with Gasteiger partial charge in [0.1, 0.15) is 5.69 Å². The van der Waals surface area contributed by atoms with Crippen molar-refractivity contribution in [1.82, 2.24) is 4.98 Å². The van der Waals surface area contributed by atoms with Crippen molar-refractivity contribution in [3.63, 3.8) is 0 Å². The molecule has 156 valence electrons. The number of aromatic nitrogens is 1. The molecule has 2 unspecified atom stereocenters. The highest BCUT2D eigenvalue weighted by atomic mass is 19.1. The molecule has 1 aromatic heterocycles. The van der Waals surface area contributed by atoms with E-state index in [0.29, 0.717) is 23.5 Å². The third-order valence-corrected chi connectivity index (χ3v) is 5.73. The van der Waals surface area contributed by atoms with Crippen LogP contribution in [0, 0.1) is 0 Å². The lowest BCUT2D eigenvalue weighted by atomic mass is 9.98. The maximum atomic E-state index is 15.4. The normalized spacial score (nSPS) is 21.3. The molecule has 0 saturated carbocycles. The molecule has 8 heteroatoms. The van der Waals surface area contributed by atoms with Crippen molar-refractivity contribution in [1.29, 1.82) is 0 Å². The highest BCUT2D eigenvalue weighted by molar-refractivity contribution is 5.89. The molecule has 0 radical (unpaired) electrons. The minimum absolute atomic E-state index is 0.0865. The van der Waals surface area contributed by atoms with Gasteiger partial charge in [-0.25, -0.2) is 14.6 Å². The lowest BCUT2D eigenvalue weighted by Crippen LogP contribution is -2.67. The van der Waals surface area contributed by atoms with Crippen LogP contribution in [0.5, 0.6) is 0 Å². The summed E-state index contributed by atoms with van der Waals surface area (Å²) in [5, 5.41) is 11.5. The zero-order chi connectivity index (χ0) is 21.4. The number of alkyl halides is 1. The van der Waals surface area contributed by atoms with E-state index in [-0.39, 0.29) is 17.8 Å². The summed E-state index contributed by atoms with van der Waals surface area (Å²) in [4.78, 5) is 20.9. The molecule has 2 N–H and O–H groups in total. The number of carbonyl (C=O) groups is 1. The van der Waals surface area contributed by atoms with Crippen LogP contribution in [0.2, 0.25) is 0 Å². The molecule has 31 heavy (non-hydrogen) atoms. The second-order valence-electron chi connectivity index (χ2n) is 7.72. The average molecular weight is 418 g/mol. The topological polar surface area (TPSA) is 77.8 Å². The van der Waals surface area contributed by atoms with Crippen LogP contribution in [-0.2, 0) is 13.1 Å². The van der Waals surface area contributed by atoms with Gasteiger partial charge in [0, 0.05) is 29.7 Å². The van der Waals surface area contributed by atoms with E-state index in [4.69, 9.17) is 0 Å². The van der Waals surface area contributed by atoms with Crippen molar-refractivity contribution < 1.29 is 19.0 Å². The molecule has 2 aliphatic heterocycles. The van der Waals surface area contributed by atoms with Crippen LogP contribution in [-0.4, -0.2) is 33.6 Å². The van der Waals surface area contributed by atoms with Gasteiger partial charge in [-0.15, -0.1) is 4.70 Å². The number of nitrogens with zero attached hydrogens (tertiary/aromatic N) is 4. The fraction of sp³-hybridized carbons (Fsp3) is 0.174. The Balaban J connectivity index is 1.65. The van der Waals surface area contributed by atoms with Crippen LogP contribution in [0.3, 0.4) is 0 Å². The monoisotopic (exact) mass is 418 g/mol. The predicted molar refractivity (Wildman–Crippen MR) is 115 cm³/mol. The summed E-state index contributed by atoms with van der Waals surface area (Å²) in [7, 11) is 0. The number of aliphatic imine (C=N–C) groups is 1. The molecule has 0 fully saturated rings. The Morgan fingerprint density at radius 3 is 2.74 bits per heavy atom. The van der Waals surface area contributed by atoms with Crippen LogP contribution < -0.4 is 10.4 Å². The number of pyridine rings is 1. The van der Waals surface area contributed by atoms with Gasteiger partial charge in [-0.2, -0.15) is 0 Å². The molecular formula is C23H21FN5O2+. The number of hydrogen-bond donors (Lipinski definition) is 2. The molecular weight excluding hydrogens is 397 g/mol. The Bertz CT molecular complexity index is 1170. The Labute approximate surface area is 178 Å². The van der Waals surface area contributed by atoms with Crippen LogP contribution in [0.25, 0.3) is 0 Å². The number of anilines is 2. The summed E-state index contributed by atoms with van der Waals surface area (Å²) in [6, 6.07) is 16.2. The Hall–Kier alpha value is -3.78. The minimum atomic E-state index is -1.34. The van der Waals surface area contributed by atoms with Gasteiger partial charge in [0.25, 0.3) is 0 Å². The SMILES string of the molecule is O=C(O)N(c1ccc2c(c1)C=NC2)[N+]1(Nc2ccncc2)Cc2ccccc2C(F)C1. The second kappa shape index (κ2) is 7.48. The number of hydrogen-bond acceptors (Lipinski definition) is 4. The highest BCUT2D eigenvalue weighted by Gasteiger charge is 2.48. The first kappa shape index (κ1) is 19.2. The quantitative estimate of drug-likeness (QED) is 0.613. The molecule has 7 nitrogen and oxygen atoms in total. The van der Waals surface area contributed by atoms with Crippen molar-refractivity contribution in [2.45, 2.75) is 19.3 Å². The van der Waals surface area contributed by atoms with Gasteiger partial charge in [-0.3, -0.25) is 9.98 Å². The van der Waals surface area contributed by atoms with Gasteiger partial charge >= 0.3 is 6.09 Å². The van der Waals surface area contributed by atoms with Crippen LogP contribution >= 0.6 is 0 Å². The number of quaternary nitrogens is 1. The molecule has 0 spiro atoms. The van der Waals surface area contributed by atoms with E-state index in [9.17, 15) is 9.90 Å². The van der Waals surface area contributed by atoms with E-state index in [1.54, 1.807) is 55.0 Å². The fourth-order valence-electron chi connectivity index (χ4n) is 4.36. The fourth-order valence-corrected chi connectivity index (χ4v) is 4.36. The Morgan fingerprint density at radius 2 is 1.94 bits per heavy atom. The minimum Gasteiger partial charge on any atom is -0.461 e. The first-order chi connectivity index (χ1) is 15.1. The molecule has 0 bridgehead atoms. The summed E-state index contributed by atoms with van der Waals surface area (Å²) in [6.45, 7) is 0.755. The third-order valence-electron chi connectivity index (χ3n) is 5.73. The number of nitrogens with one attached hydrogen (secondary N) is 1. The molecule has 2 aromatic carbocycles. The van der Waals surface area contributed by atoms with Crippen molar-refractivity contribution in [3.8, 4) is 0 Å². The van der Waals surface area contributed by atoms with E-state index < -0.39 is 12.3 Å². The van der Waals surface area contributed by atoms with Gasteiger partial charge in [0.15, 0.2) is 19.3 Å². The molecule has 1 amide bonds. The predicted octanol–water partition coefficient (Wildman–Crippen LogP) is 4.48. The summed E-state index contributed by atoms with van der Waals surface area (Å²) < 4.78 is 15.1. The number of halogens is 1. The highest BCUT2D eigenvalue weighted by Crippen LogP contribution is 2.38. The van der Waals surface area contributed by atoms with Gasteiger partial charge in [-0.05, 0) is 35.4 Å². The lowest BCUT2D eigenvalue weighted by molar-refractivity contribution is -0.927. The van der Waals surface area contributed by atoms with Crippen LogP contribution in [0.15, 0.2) is 72.0 Å². The van der Waals surface area contributed by atoms with Crippen molar-refractivity contribution in [3.05, 3.63) is 89.2 Å². The number of fused-ring (bicyclic) bond motifs is 2. The maximum absolute atomic E-state index is 15.4. The number of benzene rings is 2. The van der Waals surface area contributed by atoms with Crippen molar-refractivity contribution >= 4 is 23.7 Å². The number of carboxylic acid groups (broad SMARTS) is 1. The zero-order valence-corrected chi connectivity index (χ0v) is 16.6. The second-order valence-corrected chi connectivity index (χ2v) is 7.72. The van der Waals surface area contributed by atoms with E-state index in [1.165, 1.54) is 5.01 Å². The van der Waals surface area contributed by atoms with Crippen molar-refractivity contribution in [2.75, 3.05) is 17.0 Å². The first-order valence-corrected chi connectivity index (χ1v) is 9.99. The lowest BCUT2D eigenvalue weighted by Gasteiger charge is -2.46. The van der Waals surface area contributed by atoms with E-state index >= 15 is 4.39 Å². The van der Waals surface area contributed by atoms with Gasteiger partial charge in [0.2, 0.25) is 0 Å². The molecule has 2 aliphatic rings. The Kier molecular flexibility index (Phi) is 4.63. The molecule has 3 heterocycles. The number of amides is 1. The van der Waals surface area contributed by atoms with E-state index in [2.05, 4.69) is 15.4 Å². The first-order valence-electron chi connectivity index (χ1n) is 9.99. The van der Waals surface area contributed by atoms with E-state index in [1.807, 2.05) is 18.2 Å². The summed E-state index contributed by atoms with van der Waals surface area (Å²) in [5.74, 6) is 0. The Morgan fingerprint density at radius 1 is 1.13 bits per heavy atom. The van der Waals surface area contributed by atoms with Crippen LogP contribution in [0.1, 0.15) is 28.4 Å². The molecule has 2 atom stereocenters.